The molecule has 0 saturated carbocycles. The van der Waals surface area contributed by atoms with E-state index in [0.29, 0.717) is 3.97 Å². The summed E-state index contributed by atoms with van der Waals surface area (Å²) in [6.07, 6.45) is 0.779. The lowest BCUT2D eigenvalue weighted by atomic mass is 10.2. The SMILES string of the molecule is COC(=O)c1cc([N+](=O)[O-])cn1S(=O)(=O)c1ccc(C)cc1. The van der Waals surface area contributed by atoms with Gasteiger partial charge in [-0.2, -0.15) is 0 Å². The molecule has 0 aliphatic heterocycles. The van der Waals surface area contributed by atoms with Gasteiger partial charge in [0.25, 0.3) is 15.7 Å². The number of ether oxygens (including phenoxy) is 1. The number of carbonyl (C=O) groups excluding carboxylic acids is 1. The van der Waals surface area contributed by atoms with Crippen LogP contribution in [-0.2, 0) is 14.8 Å². The highest BCUT2D eigenvalue weighted by Crippen LogP contribution is 2.23. The minimum Gasteiger partial charge on any atom is -0.464 e. The maximum absolute atomic E-state index is 12.6. The summed E-state index contributed by atoms with van der Waals surface area (Å²) in [5, 5.41) is 10.8. The number of carbonyl (C=O) groups is 1. The lowest BCUT2D eigenvalue weighted by molar-refractivity contribution is -0.384. The number of rotatable bonds is 4. The first-order valence-corrected chi connectivity index (χ1v) is 7.48. The molecule has 0 radical (unpaired) electrons. The smallest absolute Gasteiger partial charge is 0.356 e. The average Bonchev–Trinajstić information content (AvgIpc) is 2.93. The third kappa shape index (κ3) is 2.70. The van der Waals surface area contributed by atoms with Crippen LogP contribution in [0.15, 0.2) is 41.4 Å². The molecule has 0 fully saturated rings. The summed E-state index contributed by atoms with van der Waals surface area (Å²) in [6, 6.07) is 6.75. The molecule has 0 atom stereocenters. The topological polar surface area (TPSA) is 109 Å². The van der Waals surface area contributed by atoms with Crippen molar-refractivity contribution in [2.24, 2.45) is 0 Å². The number of hydrogen-bond acceptors (Lipinski definition) is 6. The van der Waals surface area contributed by atoms with Gasteiger partial charge in [-0.3, -0.25) is 10.1 Å². The van der Waals surface area contributed by atoms with Crippen molar-refractivity contribution in [2.75, 3.05) is 7.11 Å². The van der Waals surface area contributed by atoms with Crippen molar-refractivity contribution in [3.63, 3.8) is 0 Å². The van der Waals surface area contributed by atoms with Gasteiger partial charge in [-0.25, -0.2) is 17.2 Å². The van der Waals surface area contributed by atoms with E-state index in [2.05, 4.69) is 4.74 Å². The Morgan fingerprint density at radius 3 is 2.36 bits per heavy atom. The molecule has 1 aromatic heterocycles. The first kappa shape index (κ1) is 15.7. The summed E-state index contributed by atoms with van der Waals surface area (Å²) < 4.78 is 30.1. The van der Waals surface area contributed by atoms with Crippen LogP contribution in [0.2, 0.25) is 0 Å². The highest BCUT2D eigenvalue weighted by molar-refractivity contribution is 7.90. The number of nitro groups is 1. The molecule has 1 heterocycles. The van der Waals surface area contributed by atoms with E-state index in [1.807, 2.05) is 0 Å². The molecule has 116 valence electrons. The van der Waals surface area contributed by atoms with E-state index < -0.39 is 32.3 Å². The second kappa shape index (κ2) is 5.60. The minimum absolute atomic E-state index is 0.0891. The molecule has 0 aliphatic rings. The van der Waals surface area contributed by atoms with Crippen molar-refractivity contribution in [3.8, 4) is 0 Å². The second-order valence-electron chi connectivity index (χ2n) is 4.45. The maximum Gasteiger partial charge on any atom is 0.356 e. The Morgan fingerprint density at radius 2 is 1.86 bits per heavy atom. The zero-order chi connectivity index (χ0) is 16.5. The highest BCUT2D eigenvalue weighted by Gasteiger charge is 2.28. The number of aryl methyl sites for hydroxylation is 1. The van der Waals surface area contributed by atoms with E-state index in [9.17, 15) is 23.3 Å². The van der Waals surface area contributed by atoms with E-state index in [-0.39, 0.29) is 4.90 Å². The molecule has 0 aliphatic carbocycles. The summed E-state index contributed by atoms with van der Waals surface area (Å²) in [4.78, 5) is 21.6. The Hall–Kier alpha value is -2.68. The fraction of sp³-hybridized carbons (Fsp3) is 0.154. The van der Waals surface area contributed by atoms with E-state index in [4.69, 9.17) is 0 Å². The molecule has 0 bridgehead atoms. The van der Waals surface area contributed by atoms with Crippen LogP contribution >= 0.6 is 0 Å². The van der Waals surface area contributed by atoms with Crippen LogP contribution in [0.25, 0.3) is 0 Å². The van der Waals surface area contributed by atoms with Crippen molar-refractivity contribution in [3.05, 3.63) is 57.9 Å². The lowest BCUT2D eigenvalue weighted by Crippen LogP contribution is -2.18. The first-order chi connectivity index (χ1) is 10.3. The fourth-order valence-electron chi connectivity index (χ4n) is 1.81. The van der Waals surface area contributed by atoms with Gasteiger partial charge in [0, 0.05) is 6.07 Å². The van der Waals surface area contributed by atoms with Gasteiger partial charge >= 0.3 is 5.97 Å². The highest BCUT2D eigenvalue weighted by atomic mass is 32.2. The van der Waals surface area contributed by atoms with E-state index in [0.717, 1.165) is 24.9 Å². The number of nitrogens with zero attached hydrogens (tertiary/aromatic N) is 2. The second-order valence-corrected chi connectivity index (χ2v) is 6.26. The average molecular weight is 324 g/mol. The largest absolute Gasteiger partial charge is 0.464 e. The lowest BCUT2D eigenvalue weighted by Gasteiger charge is -2.08. The zero-order valence-corrected chi connectivity index (χ0v) is 12.5. The Labute approximate surface area is 126 Å². The van der Waals surface area contributed by atoms with Crippen LogP contribution in [0, 0.1) is 17.0 Å². The van der Waals surface area contributed by atoms with Gasteiger partial charge in [-0.05, 0) is 19.1 Å². The molecule has 0 amide bonds. The third-order valence-electron chi connectivity index (χ3n) is 2.95. The van der Waals surface area contributed by atoms with E-state index >= 15 is 0 Å². The van der Waals surface area contributed by atoms with Crippen LogP contribution in [-0.4, -0.2) is 30.4 Å². The maximum atomic E-state index is 12.6. The quantitative estimate of drug-likeness (QED) is 0.481. The summed E-state index contributed by atoms with van der Waals surface area (Å²) in [7, 11) is -3.08. The van der Waals surface area contributed by atoms with Crippen molar-refractivity contribution in [1.29, 1.82) is 0 Å². The molecule has 0 N–H and O–H groups in total. The molecule has 2 rings (SSSR count). The third-order valence-corrected chi connectivity index (χ3v) is 4.64. The molecule has 0 spiro atoms. The Bertz CT molecular complexity index is 836. The Balaban J connectivity index is 2.66. The van der Waals surface area contributed by atoms with E-state index in [1.165, 1.54) is 12.1 Å². The zero-order valence-electron chi connectivity index (χ0n) is 11.7. The predicted octanol–water partition coefficient (Wildman–Crippen LogP) is 1.73. The Morgan fingerprint density at radius 1 is 1.27 bits per heavy atom. The van der Waals surface area contributed by atoms with Crippen LogP contribution < -0.4 is 0 Å². The van der Waals surface area contributed by atoms with Gasteiger partial charge in [0.05, 0.1) is 23.1 Å². The monoisotopic (exact) mass is 324 g/mol. The summed E-state index contributed by atoms with van der Waals surface area (Å²) in [6.45, 7) is 1.79. The number of aromatic nitrogens is 1. The molecule has 2 aromatic rings. The molecule has 0 saturated heterocycles. The molecule has 0 unspecified atom stereocenters. The number of benzene rings is 1. The first-order valence-electron chi connectivity index (χ1n) is 6.04. The van der Waals surface area contributed by atoms with E-state index in [1.54, 1.807) is 19.1 Å². The predicted molar refractivity (Wildman–Crippen MR) is 76.2 cm³/mol. The van der Waals surface area contributed by atoms with Gasteiger partial charge < -0.3 is 4.74 Å². The standard InChI is InChI=1S/C13H12N2O6S/c1-9-3-5-11(6-4-9)22(19,20)14-8-10(15(17)18)7-12(14)13(16)21-2/h3-8H,1-2H3. The molecule has 22 heavy (non-hydrogen) atoms. The molecular weight excluding hydrogens is 312 g/mol. The number of methoxy groups -OCH3 is 1. The van der Waals surface area contributed by atoms with Crippen LogP contribution in [0.5, 0.6) is 0 Å². The molecule has 9 heteroatoms. The van der Waals surface area contributed by atoms with Gasteiger partial charge in [0.1, 0.15) is 5.69 Å². The number of hydrogen-bond donors (Lipinski definition) is 0. The number of esters is 1. The van der Waals surface area contributed by atoms with Crippen molar-refractivity contribution in [1.82, 2.24) is 3.97 Å². The van der Waals surface area contributed by atoms with Gasteiger partial charge in [-0.15, -0.1) is 0 Å². The van der Waals surface area contributed by atoms with Crippen LogP contribution in [0.1, 0.15) is 16.1 Å². The summed E-state index contributed by atoms with van der Waals surface area (Å²) in [5.41, 5.74) is -0.100. The molecule has 1 aromatic carbocycles. The van der Waals surface area contributed by atoms with Crippen molar-refractivity contribution >= 4 is 21.7 Å². The molecular formula is C13H12N2O6S. The minimum atomic E-state index is -4.14. The van der Waals surface area contributed by atoms with Gasteiger partial charge in [0.15, 0.2) is 0 Å². The van der Waals surface area contributed by atoms with Crippen molar-refractivity contribution < 1.29 is 22.9 Å². The van der Waals surface area contributed by atoms with Crippen LogP contribution in [0.4, 0.5) is 5.69 Å². The fourth-order valence-corrected chi connectivity index (χ4v) is 3.15. The van der Waals surface area contributed by atoms with Crippen LogP contribution in [0.3, 0.4) is 0 Å². The summed E-state index contributed by atoms with van der Waals surface area (Å²) in [5.74, 6) is -0.983. The normalized spacial score (nSPS) is 11.2. The van der Waals surface area contributed by atoms with Gasteiger partial charge in [-0.1, -0.05) is 17.7 Å². The van der Waals surface area contributed by atoms with Crippen molar-refractivity contribution in [2.45, 2.75) is 11.8 Å². The molecule has 8 nitrogen and oxygen atoms in total. The Kier molecular flexibility index (Phi) is 4.00. The summed E-state index contributed by atoms with van der Waals surface area (Å²) >= 11 is 0. The van der Waals surface area contributed by atoms with Gasteiger partial charge in [0.2, 0.25) is 0 Å².